The molecule has 0 saturated carbocycles. The summed E-state index contributed by atoms with van der Waals surface area (Å²) >= 11 is 0. The van der Waals surface area contributed by atoms with Crippen LogP contribution in [0.3, 0.4) is 0 Å². The molecule has 0 aliphatic rings. The van der Waals surface area contributed by atoms with Gasteiger partial charge < -0.3 is 5.32 Å². The van der Waals surface area contributed by atoms with Gasteiger partial charge in [-0.25, -0.2) is 0 Å². The lowest BCUT2D eigenvalue weighted by Gasteiger charge is -1.97. The van der Waals surface area contributed by atoms with Crippen LogP contribution in [0.15, 0.2) is 36.5 Å². The minimum Gasteiger partial charge on any atom is -0.319 e. The van der Waals surface area contributed by atoms with Gasteiger partial charge in [-0.2, -0.15) is 5.10 Å². The largest absolute Gasteiger partial charge is 0.319 e. The molecule has 0 unspecified atom stereocenters. The molecule has 0 fully saturated rings. The van der Waals surface area contributed by atoms with Crippen molar-refractivity contribution in [3.63, 3.8) is 0 Å². The molecule has 0 bridgehead atoms. The topological polar surface area (TPSA) is 40.7 Å². The monoisotopic (exact) mass is 225 g/mol. The maximum Gasteiger partial charge on any atom is 0.0806 e. The van der Waals surface area contributed by atoms with Crippen LogP contribution >= 0.6 is 0 Å². The fourth-order valence-electron chi connectivity index (χ4n) is 1.55. The summed E-state index contributed by atoms with van der Waals surface area (Å²) < 4.78 is 0. The molecule has 0 radical (unpaired) electrons. The Labute approximate surface area is 101 Å². The summed E-state index contributed by atoms with van der Waals surface area (Å²) in [6, 6.07) is 10.1. The first-order chi connectivity index (χ1) is 8.42. The quantitative estimate of drug-likeness (QED) is 0.620. The van der Waals surface area contributed by atoms with Crippen molar-refractivity contribution in [1.82, 2.24) is 15.5 Å². The van der Waals surface area contributed by atoms with Crippen LogP contribution in [0.25, 0.3) is 11.3 Å². The van der Waals surface area contributed by atoms with Crippen molar-refractivity contribution < 1.29 is 0 Å². The van der Waals surface area contributed by atoms with Crippen molar-refractivity contribution in [1.29, 1.82) is 0 Å². The molecule has 0 saturated heterocycles. The van der Waals surface area contributed by atoms with Gasteiger partial charge in [0.1, 0.15) is 0 Å². The second-order valence-corrected chi connectivity index (χ2v) is 3.68. The molecule has 2 rings (SSSR count). The van der Waals surface area contributed by atoms with Crippen LogP contribution in [0.1, 0.15) is 12.0 Å². The van der Waals surface area contributed by atoms with E-state index >= 15 is 0 Å². The Hall–Kier alpha value is -2.05. The fourth-order valence-corrected chi connectivity index (χ4v) is 1.55. The third-order valence-corrected chi connectivity index (χ3v) is 2.42. The third kappa shape index (κ3) is 2.96. The number of hydrogen-bond acceptors (Lipinski definition) is 2. The zero-order chi connectivity index (χ0) is 11.9. The van der Waals surface area contributed by atoms with Crippen molar-refractivity contribution >= 4 is 0 Å². The highest BCUT2D eigenvalue weighted by atomic mass is 15.1. The van der Waals surface area contributed by atoms with Crippen LogP contribution in [0, 0.1) is 11.8 Å². The minimum absolute atomic E-state index is 0.843. The molecular formula is C14H15N3. The van der Waals surface area contributed by atoms with Crippen molar-refractivity contribution in [2.24, 2.45) is 0 Å². The Kier molecular flexibility index (Phi) is 3.95. The molecule has 1 heterocycles. The lowest BCUT2D eigenvalue weighted by molar-refractivity contribution is 0.818. The van der Waals surface area contributed by atoms with Gasteiger partial charge in [-0.05, 0) is 7.05 Å². The SMILES string of the molecule is CNCCC#Cc1cn[nH]c1-c1ccccc1. The molecule has 0 amide bonds. The Morgan fingerprint density at radius 2 is 2.12 bits per heavy atom. The Morgan fingerprint density at radius 1 is 1.29 bits per heavy atom. The molecule has 1 aromatic heterocycles. The average molecular weight is 225 g/mol. The van der Waals surface area contributed by atoms with E-state index in [4.69, 9.17) is 0 Å². The van der Waals surface area contributed by atoms with Crippen LogP contribution in [-0.2, 0) is 0 Å². The van der Waals surface area contributed by atoms with Crippen LogP contribution in [0.5, 0.6) is 0 Å². The van der Waals surface area contributed by atoms with Gasteiger partial charge >= 0.3 is 0 Å². The number of hydrogen-bond donors (Lipinski definition) is 2. The Balaban J connectivity index is 2.20. The van der Waals surface area contributed by atoms with Crippen molar-refractivity contribution in [3.05, 3.63) is 42.1 Å². The number of nitrogens with zero attached hydrogens (tertiary/aromatic N) is 1. The summed E-state index contributed by atoms with van der Waals surface area (Å²) in [7, 11) is 1.93. The summed E-state index contributed by atoms with van der Waals surface area (Å²) in [6.07, 6.45) is 2.62. The van der Waals surface area contributed by atoms with E-state index in [1.165, 1.54) is 0 Å². The van der Waals surface area contributed by atoms with Gasteiger partial charge in [-0.3, -0.25) is 5.10 Å². The number of aromatic nitrogens is 2. The maximum atomic E-state index is 4.05. The molecule has 2 aromatic rings. The first-order valence-corrected chi connectivity index (χ1v) is 5.64. The zero-order valence-corrected chi connectivity index (χ0v) is 9.83. The normalized spacial score (nSPS) is 9.71. The smallest absolute Gasteiger partial charge is 0.0806 e. The predicted octanol–water partition coefficient (Wildman–Crippen LogP) is 2.04. The Bertz CT molecular complexity index is 517. The van der Waals surface area contributed by atoms with E-state index in [2.05, 4.69) is 27.4 Å². The molecule has 3 heteroatoms. The van der Waals surface area contributed by atoms with Gasteiger partial charge in [0.2, 0.25) is 0 Å². The molecule has 17 heavy (non-hydrogen) atoms. The van der Waals surface area contributed by atoms with E-state index in [-0.39, 0.29) is 0 Å². The number of benzene rings is 1. The lowest BCUT2D eigenvalue weighted by atomic mass is 10.1. The minimum atomic E-state index is 0.843. The first-order valence-electron chi connectivity index (χ1n) is 5.64. The van der Waals surface area contributed by atoms with E-state index in [1.54, 1.807) is 6.20 Å². The second-order valence-electron chi connectivity index (χ2n) is 3.68. The van der Waals surface area contributed by atoms with Crippen molar-refractivity contribution in [3.8, 4) is 23.1 Å². The summed E-state index contributed by atoms with van der Waals surface area (Å²) in [5, 5.41) is 10.1. The molecule has 86 valence electrons. The summed E-state index contributed by atoms with van der Waals surface area (Å²) in [6.45, 7) is 0.908. The molecule has 0 aliphatic heterocycles. The van der Waals surface area contributed by atoms with Crippen molar-refractivity contribution in [2.45, 2.75) is 6.42 Å². The predicted molar refractivity (Wildman–Crippen MR) is 69.4 cm³/mol. The van der Waals surface area contributed by atoms with Crippen molar-refractivity contribution in [2.75, 3.05) is 13.6 Å². The highest BCUT2D eigenvalue weighted by molar-refractivity contribution is 5.66. The van der Waals surface area contributed by atoms with Crippen LogP contribution in [-0.4, -0.2) is 23.8 Å². The van der Waals surface area contributed by atoms with Gasteiger partial charge in [0.05, 0.1) is 17.5 Å². The highest BCUT2D eigenvalue weighted by Gasteiger charge is 2.03. The zero-order valence-electron chi connectivity index (χ0n) is 9.83. The van der Waals surface area contributed by atoms with E-state index in [9.17, 15) is 0 Å². The summed E-state index contributed by atoms with van der Waals surface area (Å²) in [5.41, 5.74) is 3.05. The molecule has 2 N–H and O–H groups in total. The number of aromatic amines is 1. The van der Waals surface area contributed by atoms with Gasteiger partial charge in [0.15, 0.2) is 0 Å². The molecule has 0 aliphatic carbocycles. The van der Waals surface area contributed by atoms with E-state index in [1.807, 2.05) is 37.4 Å². The van der Waals surface area contributed by atoms with E-state index in [0.717, 1.165) is 29.8 Å². The summed E-state index contributed by atoms with van der Waals surface area (Å²) in [4.78, 5) is 0. The van der Waals surface area contributed by atoms with Gasteiger partial charge in [0.25, 0.3) is 0 Å². The molecule has 0 spiro atoms. The standard InChI is InChI=1S/C14H15N3/c1-15-10-6-5-9-13-11-16-17-14(13)12-7-3-2-4-8-12/h2-4,7-8,11,15H,6,10H2,1H3,(H,16,17). The molecule has 3 nitrogen and oxygen atoms in total. The molecular weight excluding hydrogens is 210 g/mol. The number of nitrogens with one attached hydrogen (secondary N) is 2. The average Bonchev–Trinajstić information content (AvgIpc) is 2.84. The highest BCUT2D eigenvalue weighted by Crippen LogP contribution is 2.19. The fraction of sp³-hybridized carbons (Fsp3) is 0.214. The van der Waals surface area contributed by atoms with Crippen LogP contribution in [0.2, 0.25) is 0 Å². The Morgan fingerprint density at radius 3 is 2.88 bits per heavy atom. The van der Waals surface area contributed by atoms with Gasteiger partial charge in [-0.1, -0.05) is 42.2 Å². The van der Waals surface area contributed by atoms with Gasteiger partial charge in [0, 0.05) is 18.5 Å². The van der Waals surface area contributed by atoms with Crippen LogP contribution < -0.4 is 5.32 Å². The van der Waals surface area contributed by atoms with E-state index in [0.29, 0.717) is 0 Å². The molecule has 0 atom stereocenters. The third-order valence-electron chi connectivity index (χ3n) is 2.42. The number of H-pyrrole nitrogens is 1. The van der Waals surface area contributed by atoms with E-state index < -0.39 is 0 Å². The number of rotatable bonds is 3. The maximum absolute atomic E-state index is 4.05. The van der Waals surface area contributed by atoms with Gasteiger partial charge in [-0.15, -0.1) is 0 Å². The van der Waals surface area contributed by atoms with Crippen LogP contribution in [0.4, 0.5) is 0 Å². The summed E-state index contributed by atoms with van der Waals surface area (Å²) in [5.74, 6) is 6.27. The second kappa shape index (κ2) is 5.88. The molecule has 1 aromatic carbocycles. The first kappa shape index (κ1) is 11.4. The lowest BCUT2D eigenvalue weighted by Crippen LogP contribution is -2.05.